The van der Waals surface area contributed by atoms with E-state index in [4.69, 9.17) is 4.74 Å². The normalized spacial score (nSPS) is 53.2. The quantitative estimate of drug-likeness (QED) is 0.655. The van der Waals surface area contributed by atoms with Gasteiger partial charge in [0.15, 0.2) is 0 Å². The molecule has 0 unspecified atom stereocenters. The molecule has 1 saturated heterocycles. The first-order valence-corrected chi connectivity index (χ1v) is 7.19. The molecule has 3 aliphatic rings. The van der Waals surface area contributed by atoms with Crippen LogP contribution < -0.4 is 0 Å². The molecule has 0 aromatic heterocycles. The second kappa shape index (κ2) is 3.57. The number of Topliss-reactive ketones (excluding diaryl/α,β-unsaturated/α-hetero) is 1. The molecule has 2 nitrogen and oxygen atoms in total. The number of ketones is 1. The Balaban J connectivity index is 1.95. The van der Waals surface area contributed by atoms with Crippen LogP contribution in [0.25, 0.3) is 0 Å². The molecule has 17 heavy (non-hydrogen) atoms. The minimum absolute atomic E-state index is 0.0825. The number of ether oxygens (including phenoxy) is 1. The average molecular weight is 236 g/mol. The van der Waals surface area contributed by atoms with E-state index in [9.17, 15) is 4.79 Å². The molecule has 2 saturated carbocycles. The summed E-state index contributed by atoms with van der Waals surface area (Å²) in [4.78, 5) is 12.0. The van der Waals surface area contributed by atoms with Crippen LogP contribution in [-0.2, 0) is 9.53 Å². The second-order valence-electron chi connectivity index (χ2n) is 6.86. The van der Waals surface area contributed by atoms with Gasteiger partial charge >= 0.3 is 0 Å². The van der Waals surface area contributed by atoms with Crippen LogP contribution >= 0.6 is 0 Å². The van der Waals surface area contributed by atoms with Crippen LogP contribution in [0.5, 0.6) is 0 Å². The fourth-order valence-corrected chi connectivity index (χ4v) is 4.65. The van der Waals surface area contributed by atoms with E-state index >= 15 is 0 Å². The first-order valence-electron chi connectivity index (χ1n) is 7.19. The molecule has 0 bridgehead atoms. The van der Waals surface area contributed by atoms with E-state index in [1.165, 1.54) is 12.8 Å². The van der Waals surface area contributed by atoms with Gasteiger partial charge in [0, 0.05) is 18.3 Å². The molecule has 1 aliphatic heterocycles. The standard InChI is InChI=1S/C15H24O2/c1-8(2)11-6-5-9(3)12-7-13(16)10(4)14-15(11,12)17-14/h8-12,14H,5-7H2,1-4H3/t9-,10+,11+,12-,14+,15-/m1/s1. The minimum atomic E-state index is 0.0825. The predicted molar refractivity (Wildman–Crippen MR) is 66.6 cm³/mol. The minimum Gasteiger partial charge on any atom is -0.365 e. The number of hydrogen-bond donors (Lipinski definition) is 0. The van der Waals surface area contributed by atoms with Gasteiger partial charge in [-0.1, -0.05) is 27.7 Å². The highest BCUT2D eigenvalue weighted by atomic mass is 16.6. The molecule has 1 heterocycles. The third kappa shape index (κ3) is 1.39. The molecular formula is C15H24O2. The summed E-state index contributed by atoms with van der Waals surface area (Å²) in [5.41, 5.74) is 0.0825. The zero-order valence-electron chi connectivity index (χ0n) is 11.4. The Kier molecular flexibility index (Phi) is 2.46. The predicted octanol–water partition coefficient (Wildman–Crippen LogP) is 3.05. The number of hydrogen-bond acceptors (Lipinski definition) is 2. The lowest BCUT2D eigenvalue weighted by molar-refractivity contribution is -0.127. The molecule has 3 rings (SSSR count). The van der Waals surface area contributed by atoms with E-state index in [0.29, 0.717) is 29.5 Å². The van der Waals surface area contributed by atoms with E-state index in [1.807, 2.05) is 0 Å². The molecule has 1 spiro atoms. The maximum atomic E-state index is 12.0. The summed E-state index contributed by atoms with van der Waals surface area (Å²) in [5.74, 6) is 3.07. The number of epoxide rings is 1. The van der Waals surface area contributed by atoms with Crippen LogP contribution in [0.2, 0.25) is 0 Å². The average Bonchev–Trinajstić information content (AvgIpc) is 2.98. The lowest BCUT2D eigenvalue weighted by atomic mass is 9.57. The maximum Gasteiger partial charge on any atom is 0.138 e. The summed E-state index contributed by atoms with van der Waals surface area (Å²) in [6, 6.07) is 0. The van der Waals surface area contributed by atoms with E-state index in [1.54, 1.807) is 0 Å². The van der Waals surface area contributed by atoms with E-state index in [-0.39, 0.29) is 17.6 Å². The van der Waals surface area contributed by atoms with Crippen LogP contribution in [0.1, 0.15) is 47.0 Å². The highest BCUT2D eigenvalue weighted by Crippen LogP contribution is 2.64. The van der Waals surface area contributed by atoms with Crippen molar-refractivity contribution in [2.45, 2.75) is 58.7 Å². The summed E-state index contributed by atoms with van der Waals surface area (Å²) in [5, 5.41) is 0. The Morgan fingerprint density at radius 2 is 2.00 bits per heavy atom. The molecule has 0 amide bonds. The smallest absolute Gasteiger partial charge is 0.138 e. The van der Waals surface area contributed by atoms with E-state index < -0.39 is 0 Å². The van der Waals surface area contributed by atoms with Crippen LogP contribution in [0.3, 0.4) is 0 Å². The molecule has 0 aromatic rings. The molecule has 6 atom stereocenters. The number of carbonyl (C=O) groups excluding carboxylic acids is 1. The van der Waals surface area contributed by atoms with Gasteiger partial charge in [-0.2, -0.15) is 0 Å². The lowest BCUT2D eigenvalue weighted by Crippen LogP contribution is -2.50. The largest absolute Gasteiger partial charge is 0.365 e. The highest BCUT2D eigenvalue weighted by Gasteiger charge is 2.72. The molecule has 0 radical (unpaired) electrons. The second-order valence-corrected chi connectivity index (χ2v) is 6.86. The van der Waals surface area contributed by atoms with Crippen molar-refractivity contribution in [1.82, 2.24) is 0 Å². The zero-order valence-corrected chi connectivity index (χ0v) is 11.4. The number of carbonyl (C=O) groups is 1. The molecule has 2 aliphatic carbocycles. The summed E-state index contributed by atoms with van der Waals surface area (Å²) in [6.45, 7) is 9.00. The summed E-state index contributed by atoms with van der Waals surface area (Å²) in [7, 11) is 0. The molecular weight excluding hydrogens is 212 g/mol. The van der Waals surface area contributed by atoms with Gasteiger partial charge in [-0.25, -0.2) is 0 Å². The van der Waals surface area contributed by atoms with E-state index in [0.717, 1.165) is 6.42 Å². The van der Waals surface area contributed by atoms with Gasteiger partial charge in [-0.15, -0.1) is 0 Å². The van der Waals surface area contributed by atoms with Crippen molar-refractivity contribution in [3.63, 3.8) is 0 Å². The van der Waals surface area contributed by atoms with Gasteiger partial charge in [-0.05, 0) is 30.6 Å². The summed E-state index contributed by atoms with van der Waals surface area (Å²) in [6.07, 6.45) is 3.56. The zero-order chi connectivity index (χ0) is 12.4. The SMILES string of the molecule is CC(C)[C@@H]1CC[C@@H](C)[C@H]2CC(=O)[C@H](C)[C@@H]3O[C@@]213. The van der Waals surface area contributed by atoms with Gasteiger partial charge in [0.05, 0.1) is 6.10 Å². The topological polar surface area (TPSA) is 29.6 Å². The highest BCUT2D eigenvalue weighted by molar-refractivity contribution is 5.84. The van der Waals surface area contributed by atoms with Crippen molar-refractivity contribution in [3.8, 4) is 0 Å². The van der Waals surface area contributed by atoms with Crippen LogP contribution in [0.4, 0.5) is 0 Å². The Morgan fingerprint density at radius 3 is 2.65 bits per heavy atom. The Bertz CT molecular complexity index is 349. The fourth-order valence-electron chi connectivity index (χ4n) is 4.65. The molecule has 3 fully saturated rings. The summed E-state index contributed by atoms with van der Waals surface area (Å²) < 4.78 is 6.18. The van der Waals surface area contributed by atoms with E-state index in [2.05, 4.69) is 27.7 Å². The first-order chi connectivity index (χ1) is 7.98. The fraction of sp³-hybridized carbons (Fsp3) is 0.933. The van der Waals surface area contributed by atoms with Gasteiger partial charge in [0.25, 0.3) is 0 Å². The van der Waals surface area contributed by atoms with Crippen molar-refractivity contribution in [1.29, 1.82) is 0 Å². The Hall–Kier alpha value is -0.370. The van der Waals surface area contributed by atoms with Gasteiger partial charge in [0.1, 0.15) is 11.4 Å². The molecule has 2 heteroatoms. The van der Waals surface area contributed by atoms with Gasteiger partial charge < -0.3 is 4.74 Å². The number of rotatable bonds is 1. The van der Waals surface area contributed by atoms with Crippen LogP contribution in [0, 0.1) is 29.6 Å². The Labute approximate surface area is 104 Å². The Morgan fingerprint density at radius 1 is 1.29 bits per heavy atom. The van der Waals surface area contributed by atoms with Crippen molar-refractivity contribution in [2.75, 3.05) is 0 Å². The third-order valence-electron chi connectivity index (χ3n) is 5.69. The van der Waals surface area contributed by atoms with Gasteiger partial charge in [0.2, 0.25) is 0 Å². The molecule has 96 valence electrons. The maximum absolute atomic E-state index is 12.0. The van der Waals surface area contributed by atoms with Crippen molar-refractivity contribution in [2.24, 2.45) is 29.6 Å². The summed E-state index contributed by atoms with van der Waals surface area (Å²) >= 11 is 0. The van der Waals surface area contributed by atoms with Crippen LogP contribution in [-0.4, -0.2) is 17.5 Å². The monoisotopic (exact) mass is 236 g/mol. The lowest BCUT2D eigenvalue weighted by Gasteiger charge is -2.45. The first kappa shape index (κ1) is 11.7. The van der Waals surface area contributed by atoms with Crippen molar-refractivity contribution >= 4 is 5.78 Å². The van der Waals surface area contributed by atoms with Crippen molar-refractivity contribution in [3.05, 3.63) is 0 Å². The van der Waals surface area contributed by atoms with Crippen LogP contribution in [0.15, 0.2) is 0 Å². The van der Waals surface area contributed by atoms with Gasteiger partial charge in [-0.3, -0.25) is 4.79 Å². The molecule has 0 aromatic carbocycles. The third-order valence-corrected chi connectivity index (χ3v) is 5.69. The molecule has 0 N–H and O–H groups in total. The van der Waals surface area contributed by atoms with Crippen molar-refractivity contribution < 1.29 is 9.53 Å².